The summed E-state index contributed by atoms with van der Waals surface area (Å²) in [6.07, 6.45) is 4.16. The van der Waals surface area contributed by atoms with Gasteiger partial charge in [-0.05, 0) is 18.6 Å². The highest BCUT2D eigenvalue weighted by Gasteiger charge is 2.41. The maximum atomic E-state index is 14.2. The molecule has 0 radical (unpaired) electrons. The second kappa shape index (κ2) is 9.32. The van der Waals surface area contributed by atoms with Crippen LogP contribution in [0.1, 0.15) is 43.7 Å². The average Bonchev–Trinajstić information content (AvgIpc) is 3.20. The van der Waals surface area contributed by atoms with E-state index in [9.17, 15) is 14.0 Å². The van der Waals surface area contributed by atoms with Gasteiger partial charge in [-0.2, -0.15) is 0 Å². The van der Waals surface area contributed by atoms with Crippen molar-refractivity contribution >= 4 is 51.4 Å². The summed E-state index contributed by atoms with van der Waals surface area (Å²) < 4.78 is 14.7. The standard InChI is InChI=1S/C24H23FN2O2S2/c1-2-3-4-9-14-26-23(29)21(31-24(26)30)20-17-11-6-8-13-19(17)27(22(20)28)15-16-10-5-7-12-18(16)25/h5-8,10-13H,2-4,9,14-15H2,1H3. The van der Waals surface area contributed by atoms with Crippen molar-refractivity contribution in [2.24, 2.45) is 0 Å². The Morgan fingerprint density at radius 3 is 2.45 bits per heavy atom. The van der Waals surface area contributed by atoms with Crippen molar-refractivity contribution in [2.45, 2.75) is 39.2 Å². The minimum absolute atomic E-state index is 0.101. The summed E-state index contributed by atoms with van der Waals surface area (Å²) in [5.74, 6) is -0.868. The lowest BCUT2D eigenvalue weighted by Gasteiger charge is -2.17. The third kappa shape index (κ3) is 4.16. The van der Waals surface area contributed by atoms with Gasteiger partial charge < -0.3 is 4.90 Å². The monoisotopic (exact) mass is 454 g/mol. The van der Waals surface area contributed by atoms with E-state index in [2.05, 4.69) is 6.92 Å². The summed E-state index contributed by atoms with van der Waals surface area (Å²) in [6, 6.07) is 13.7. The van der Waals surface area contributed by atoms with Crippen molar-refractivity contribution in [3.8, 4) is 0 Å². The number of hydrogen-bond acceptors (Lipinski definition) is 4. The number of thiocarbonyl (C=S) groups is 1. The van der Waals surface area contributed by atoms with Crippen LogP contribution >= 0.6 is 24.0 Å². The molecule has 4 rings (SSSR count). The van der Waals surface area contributed by atoms with Gasteiger partial charge in [0.25, 0.3) is 11.8 Å². The molecule has 0 aromatic heterocycles. The number of hydrogen-bond donors (Lipinski definition) is 0. The Hall–Kier alpha value is -2.51. The highest BCUT2D eigenvalue weighted by Crippen LogP contribution is 2.45. The van der Waals surface area contributed by atoms with Crippen LogP contribution in [0.15, 0.2) is 53.4 Å². The predicted molar refractivity (Wildman–Crippen MR) is 127 cm³/mol. The molecule has 0 bridgehead atoms. The van der Waals surface area contributed by atoms with E-state index in [4.69, 9.17) is 12.2 Å². The number of thioether (sulfide) groups is 1. The van der Waals surface area contributed by atoms with Crippen molar-refractivity contribution in [1.82, 2.24) is 4.90 Å². The Kier molecular flexibility index (Phi) is 6.53. The molecule has 2 aliphatic heterocycles. The number of unbranched alkanes of at least 4 members (excludes halogenated alkanes) is 3. The Labute approximate surface area is 191 Å². The lowest BCUT2D eigenvalue weighted by molar-refractivity contribution is -0.122. The van der Waals surface area contributed by atoms with Gasteiger partial charge in [0.1, 0.15) is 10.1 Å². The number of nitrogens with zero attached hydrogens (tertiary/aromatic N) is 2. The lowest BCUT2D eigenvalue weighted by Crippen LogP contribution is -2.30. The molecule has 31 heavy (non-hydrogen) atoms. The SMILES string of the molecule is CCCCCCN1C(=O)C(=C2C(=O)N(Cc3ccccc3F)c3ccccc32)SC1=S. The molecule has 2 aromatic rings. The maximum Gasteiger partial charge on any atom is 0.267 e. The Morgan fingerprint density at radius 2 is 1.68 bits per heavy atom. The van der Waals surface area contributed by atoms with E-state index in [1.54, 1.807) is 23.1 Å². The van der Waals surface area contributed by atoms with Crippen LogP contribution in [0.3, 0.4) is 0 Å². The van der Waals surface area contributed by atoms with Gasteiger partial charge in [-0.1, -0.05) is 86.6 Å². The van der Waals surface area contributed by atoms with Gasteiger partial charge in [-0.25, -0.2) is 4.39 Å². The summed E-state index contributed by atoms with van der Waals surface area (Å²) in [5.41, 5.74) is 2.16. The largest absolute Gasteiger partial charge is 0.303 e. The molecule has 7 heteroatoms. The molecule has 2 aliphatic rings. The molecule has 0 aliphatic carbocycles. The zero-order valence-electron chi connectivity index (χ0n) is 17.3. The fourth-order valence-electron chi connectivity index (χ4n) is 3.89. The van der Waals surface area contributed by atoms with Crippen LogP contribution in [-0.2, 0) is 16.1 Å². The van der Waals surface area contributed by atoms with Gasteiger partial charge in [0.05, 0.1) is 22.7 Å². The van der Waals surface area contributed by atoms with E-state index in [-0.39, 0.29) is 24.2 Å². The topological polar surface area (TPSA) is 40.6 Å². The van der Waals surface area contributed by atoms with Crippen LogP contribution in [0.4, 0.5) is 10.1 Å². The molecule has 0 spiro atoms. The van der Waals surface area contributed by atoms with Gasteiger partial charge in [0.2, 0.25) is 0 Å². The van der Waals surface area contributed by atoms with E-state index in [1.165, 1.54) is 22.7 Å². The smallest absolute Gasteiger partial charge is 0.267 e. The van der Waals surface area contributed by atoms with Crippen LogP contribution < -0.4 is 4.90 Å². The van der Waals surface area contributed by atoms with Gasteiger partial charge in [0, 0.05) is 17.7 Å². The summed E-state index contributed by atoms with van der Waals surface area (Å²) in [7, 11) is 0. The molecule has 2 amide bonds. The fourth-order valence-corrected chi connectivity index (χ4v) is 5.27. The van der Waals surface area contributed by atoms with Gasteiger partial charge in [0.15, 0.2) is 0 Å². The van der Waals surface area contributed by atoms with Crippen LogP contribution in [0.2, 0.25) is 0 Å². The average molecular weight is 455 g/mol. The first-order chi connectivity index (χ1) is 15.0. The van der Waals surface area contributed by atoms with Gasteiger partial charge in [-0.15, -0.1) is 0 Å². The van der Waals surface area contributed by atoms with Crippen molar-refractivity contribution in [2.75, 3.05) is 11.4 Å². The molecule has 1 saturated heterocycles. The maximum absolute atomic E-state index is 14.2. The second-order valence-corrected chi connectivity index (χ2v) is 9.23. The molecule has 0 saturated carbocycles. The zero-order chi connectivity index (χ0) is 22.0. The zero-order valence-corrected chi connectivity index (χ0v) is 18.9. The first-order valence-electron chi connectivity index (χ1n) is 10.5. The predicted octanol–water partition coefficient (Wildman–Crippen LogP) is 5.52. The van der Waals surface area contributed by atoms with E-state index in [0.717, 1.165) is 25.7 Å². The number of benzene rings is 2. The number of fused-ring (bicyclic) bond motifs is 1. The Bertz CT molecular complexity index is 1080. The summed E-state index contributed by atoms with van der Waals surface area (Å²) in [6.45, 7) is 2.81. The Balaban J connectivity index is 1.66. The number of carbonyl (C=O) groups excluding carboxylic acids is 2. The molecule has 160 valence electrons. The van der Waals surface area contributed by atoms with Crippen molar-refractivity contribution < 1.29 is 14.0 Å². The molecule has 2 heterocycles. The van der Waals surface area contributed by atoms with Gasteiger partial charge >= 0.3 is 0 Å². The molecular formula is C24H23FN2O2S2. The summed E-state index contributed by atoms with van der Waals surface area (Å²) in [5, 5.41) is 0. The van der Waals surface area contributed by atoms with E-state index >= 15 is 0 Å². The fraction of sp³-hybridized carbons (Fsp3) is 0.292. The number of para-hydroxylation sites is 1. The summed E-state index contributed by atoms with van der Waals surface area (Å²) >= 11 is 6.64. The molecule has 0 unspecified atom stereocenters. The molecular weight excluding hydrogens is 431 g/mol. The minimum atomic E-state index is -0.361. The number of amides is 2. The lowest BCUT2D eigenvalue weighted by atomic mass is 10.1. The number of carbonyl (C=O) groups is 2. The minimum Gasteiger partial charge on any atom is -0.303 e. The first kappa shape index (κ1) is 21.7. The van der Waals surface area contributed by atoms with Gasteiger partial charge in [-0.3, -0.25) is 14.5 Å². The van der Waals surface area contributed by atoms with Crippen LogP contribution in [0.5, 0.6) is 0 Å². The van der Waals surface area contributed by atoms with Crippen molar-refractivity contribution in [3.05, 3.63) is 70.4 Å². The molecule has 0 atom stereocenters. The normalized spacial score (nSPS) is 18.3. The van der Waals surface area contributed by atoms with Crippen LogP contribution in [0.25, 0.3) is 5.57 Å². The Morgan fingerprint density at radius 1 is 0.935 bits per heavy atom. The van der Waals surface area contributed by atoms with Crippen LogP contribution in [0, 0.1) is 5.82 Å². The van der Waals surface area contributed by atoms with Crippen LogP contribution in [-0.4, -0.2) is 27.6 Å². The van der Waals surface area contributed by atoms with Crippen molar-refractivity contribution in [3.63, 3.8) is 0 Å². The molecule has 4 nitrogen and oxygen atoms in total. The second-order valence-electron chi connectivity index (χ2n) is 7.59. The molecule has 2 aromatic carbocycles. The third-order valence-corrected chi connectivity index (χ3v) is 6.97. The number of halogens is 1. The first-order valence-corrected chi connectivity index (χ1v) is 11.7. The van der Waals surface area contributed by atoms with E-state index < -0.39 is 0 Å². The van der Waals surface area contributed by atoms with E-state index in [1.807, 2.05) is 24.3 Å². The molecule has 0 N–H and O–H groups in total. The van der Waals surface area contributed by atoms with E-state index in [0.29, 0.717) is 38.2 Å². The third-order valence-electron chi connectivity index (χ3n) is 5.52. The number of rotatable bonds is 7. The number of anilines is 1. The quantitative estimate of drug-likeness (QED) is 0.314. The van der Waals surface area contributed by atoms with Crippen molar-refractivity contribution in [1.29, 1.82) is 0 Å². The summed E-state index contributed by atoms with van der Waals surface area (Å²) in [4.78, 5) is 30.1. The molecule has 1 fully saturated rings. The highest BCUT2D eigenvalue weighted by atomic mass is 32.2. The highest BCUT2D eigenvalue weighted by molar-refractivity contribution is 8.26.